The largest absolute Gasteiger partial charge is 0.511 e. The lowest BCUT2D eigenvalue weighted by molar-refractivity contribution is -0.384. The first-order chi connectivity index (χ1) is 17.4. The standard InChI is InChI=1S/C28H19N3O4S/c29-15-20(16-30)22(19-11-13-21(14-12-19)31(34)35)25-26(32)23(17-7-3-1-4-8-17)28(36)24(27(25)33)18-9-5-2-6-10-18/h1-14,20,22-24,32H/t22-,23+,24-/m0/s1. The summed E-state index contributed by atoms with van der Waals surface area (Å²) in [7, 11) is 0. The highest BCUT2D eigenvalue weighted by atomic mass is 32.1. The van der Waals surface area contributed by atoms with Crippen molar-refractivity contribution in [3.8, 4) is 12.1 Å². The number of carbonyl (C=O) groups excluding carboxylic acids is 1. The number of nitriles is 2. The Morgan fingerprint density at radius 2 is 1.36 bits per heavy atom. The molecular formula is C28H19N3O4S. The van der Waals surface area contributed by atoms with Crippen molar-refractivity contribution in [3.05, 3.63) is 123 Å². The van der Waals surface area contributed by atoms with Crippen LogP contribution in [-0.2, 0) is 4.79 Å². The molecule has 3 aromatic rings. The van der Waals surface area contributed by atoms with Crippen LogP contribution in [0.25, 0.3) is 0 Å². The first-order valence-electron chi connectivity index (χ1n) is 11.0. The molecule has 0 aliphatic heterocycles. The molecule has 36 heavy (non-hydrogen) atoms. The van der Waals surface area contributed by atoms with E-state index in [0.29, 0.717) is 21.6 Å². The zero-order valence-corrected chi connectivity index (χ0v) is 19.6. The Hall–Kier alpha value is -4.66. The lowest BCUT2D eigenvalue weighted by Gasteiger charge is -2.35. The number of non-ortho nitro benzene ring substituents is 1. The van der Waals surface area contributed by atoms with Crippen LogP contribution in [0.5, 0.6) is 0 Å². The maximum absolute atomic E-state index is 14.0. The third-order valence-corrected chi connectivity index (χ3v) is 6.77. The van der Waals surface area contributed by atoms with Crippen LogP contribution >= 0.6 is 12.2 Å². The molecule has 3 aromatic carbocycles. The zero-order valence-electron chi connectivity index (χ0n) is 18.8. The highest BCUT2D eigenvalue weighted by molar-refractivity contribution is 7.80. The molecule has 0 heterocycles. The van der Waals surface area contributed by atoms with Crippen molar-refractivity contribution in [1.29, 1.82) is 10.5 Å². The van der Waals surface area contributed by atoms with E-state index in [9.17, 15) is 30.5 Å². The number of hydrogen-bond donors (Lipinski definition) is 1. The number of nitro benzene ring substituents is 1. The molecule has 0 unspecified atom stereocenters. The van der Waals surface area contributed by atoms with E-state index in [0.717, 1.165) is 0 Å². The van der Waals surface area contributed by atoms with E-state index in [2.05, 4.69) is 0 Å². The number of benzene rings is 3. The Morgan fingerprint density at radius 1 is 0.861 bits per heavy atom. The maximum Gasteiger partial charge on any atom is 0.269 e. The summed E-state index contributed by atoms with van der Waals surface area (Å²) < 4.78 is 0. The summed E-state index contributed by atoms with van der Waals surface area (Å²) in [5, 5.41) is 42.3. The summed E-state index contributed by atoms with van der Waals surface area (Å²) in [6.07, 6.45) is 0. The quantitative estimate of drug-likeness (QED) is 0.266. The Balaban J connectivity index is 1.98. The van der Waals surface area contributed by atoms with Crippen molar-refractivity contribution < 1.29 is 14.8 Å². The second-order valence-electron chi connectivity index (χ2n) is 8.32. The smallest absolute Gasteiger partial charge is 0.269 e. The van der Waals surface area contributed by atoms with Crippen molar-refractivity contribution in [2.75, 3.05) is 0 Å². The zero-order chi connectivity index (χ0) is 25.8. The normalized spacial score (nSPS) is 18.4. The lowest BCUT2D eigenvalue weighted by atomic mass is 9.68. The number of thiocarbonyl (C=S) groups is 1. The van der Waals surface area contributed by atoms with Crippen LogP contribution in [0.4, 0.5) is 5.69 Å². The lowest BCUT2D eigenvalue weighted by Crippen LogP contribution is -2.37. The topological polar surface area (TPSA) is 128 Å². The third-order valence-electron chi connectivity index (χ3n) is 6.30. The van der Waals surface area contributed by atoms with E-state index in [1.165, 1.54) is 24.3 Å². The van der Waals surface area contributed by atoms with Gasteiger partial charge in [-0.15, -0.1) is 0 Å². The number of rotatable bonds is 6. The molecule has 0 bridgehead atoms. The van der Waals surface area contributed by atoms with Gasteiger partial charge in [0.1, 0.15) is 11.7 Å². The minimum atomic E-state index is -1.34. The summed E-state index contributed by atoms with van der Waals surface area (Å²) in [6.45, 7) is 0. The molecule has 4 rings (SSSR count). The van der Waals surface area contributed by atoms with Gasteiger partial charge in [0, 0.05) is 28.5 Å². The first-order valence-corrected chi connectivity index (χ1v) is 11.4. The minimum Gasteiger partial charge on any atom is -0.511 e. The van der Waals surface area contributed by atoms with Crippen LogP contribution in [0.3, 0.4) is 0 Å². The van der Waals surface area contributed by atoms with E-state index in [1.54, 1.807) is 48.5 Å². The van der Waals surface area contributed by atoms with E-state index in [-0.39, 0.29) is 17.0 Å². The van der Waals surface area contributed by atoms with Gasteiger partial charge in [0.05, 0.1) is 28.9 Å². The van der Waals surface area contributed by atoms with Gasteiger partial charge in [0.15, 0.2) is 5.78 Å². The molecule has 0 spiro atoms. The predicted octanol–water partition coefficient (Wildman–Crippen LogP) is 5.67. The van der Waals surface area contributed by atoms with Gasteiger partial charge in [-0.05, 0) is 16.7 Å². The fraction of sp³-hybridized carbons (Fsp3) is 0.143. The fourth-order valence-electron chi connectivity index (χ4n) is 4.62. The molecule has 1 N–H and O–H groups in total. The molecular weight excluding hydrogens is 474 g/mol. The Labute approximate surface area is 212 Å². The van der Waals surface area contributed by atoms with Gasteiger partial charge in [-0.25, -0.2) is 0 Å². The van der Waals surface area contributed by atoms with E-state index in [1.807, 2.05) is 24.3 Å². The molecule has 0 saturated carbocycles. The number of hydrogen-bond acceptors (Lipinski definition) is 7. The molecule has 1 aliphatic carbocycles. The summed E-state index contributed by atoms with van der Waals surface area (Å²) in [4.78, 5) is 24.9. The van der Waals surface area contributed by atoms with Crippen LogP contribution in [0.2, 0.25) is 0 Å². The number of Topliss-reactive ketones (excluding diaryl/α,β-unsaturated/α-hetero) is 1. The number of aliphatic hydroxyl groups is 1. The summed E-state index contributed by atoms with van der Waals surface area (Å²) >= 11 is 5.77. The number of carbonyl (C=O) groups is 1. The molecule has 3 atom stereocenters. The molecule has 0 radical (unpaired) electrons. The summed E-state index contributed by atoms with van der Waals surface area (Å²) in [6, 6.07) is 27.0. The van der Waals surface area contributed by atoms with Crippen molar-refractivity contribution in [3.63, 3.8) is 0 Å². The molecule has 0 saturated heterocycles. The van der Waals surface area contributed by atoms with Gasteiger partial charge >= 0.3 is 0 Å². The van der Waals surface area contributed by atoms with Crippen LogP contribution in [0.15, 0.2) is 96.3 Å². The van der Waals surface area contributed by atoms with Crippen LogP contribution in [0.1, 0.15) is 34.4 Å². The number of ketones is 1. The Bertz CT molecular complexity index is 1420. The molecule has 1 aliphatic rings. The number of nitrogens with zero attached hydrogens (tertiary/aromatic N) is 3. The molecule has 0 fully saturated rings. The van der Waals surface area contributed by atoms with Crippen LogP contribution < -0.4 is 0 Å². The Morgan fingerprint density at radius 3 is 1.83 bits per heavy atom. The van der Waals surface area contributed by atoms with Gasteiger partial charge in [0.25, 0.3) is 5.69 Å². The van der Waals surface area contributed by atoms with Crippen molar-refractivity contribution in [2.45, 2.75) is 17.8 Å². The second-order valence-corrected chi connectivity index (χ2v) is 8.79. The molecule has 0 aromatic heterocycles. The molecule has 176 valence electrons. The van der Waals surface area contributed by atoms with Gasteiger partial charge in [-0.3, -0.25) is 14.9 Å². The summed E-state index contributed by atoms with van der Waals surface area (Å²) in [5.41, 5.74) is 1.36. The Kier molecular flexibility index (Phi) is 7.00. The van der Waals surface area contributed by atoms with Crippen molar-refractivity contribution >= 4 is 28.6 Å². The van der Waals surface area contributed by atoms with E-state index >= 15 is 0 Å². The number of nitro groups is 1. The fourth-order valence-corrected chi connectivity index (χ4v) is 5.11. The average Bonchev–Trinajstić information content (AvgIpc) is 2.89. The van der Waals surface area contributed by atoms with Crippen LogP contribution in [0, 0.1) is 38.7 Å². The molecule has 8 heteroatoms. The monoisotopic (exact) mass is 493 g/mol. The third kappa shape index (κ3) is 4.38. The summed E-state index contributed by atoms with van der Waals surface area (Å²) in [5.74, 6) is -5.02. The van der Waals surface area contributed by atoms with Gasteiger partial charge < -0.3 is 5.11 Å². The van der Waals surface area contributed by atoms with Crippen LogP contribution in [-0.4, -0.2) is 20.7 Å². The van der Waals surface area contributed by atoms with Gasteiger partial charge in [-0.2, -0.15) is 10.5 Å². The highest BCUT2D eigenvalue weighted by Crippen LogP contribution is 2.46. The van der Waals surface area contributed by atoms with Gasteiger partial charge in [-0.1, -0.05) is 85.0 Å². The number of aliphatic hydroxyl groups excluding tert-OH is 1. The van der Waals surface area contributed by atoms with Gasteiger partial charge in [0.2, 0.25) is 0 Å². The second kappa shape index (κ2) is 10.3. The highest BCUT2D eigenvalue weighted by Gasteiger charge is 2.46. The average molecular weight is 494 g/mol. The maximum atomic E-state index is 14.0. The van der Waals surface area contributed by atoms with E-state index in [4.69, 9.17) is 12.2 Å². The number of allylic oxidation sites excluding steroid dienone is 2. The minimum absolute atomic E-state index is 0.0896. The van der Waals surface area contributed by atoms with Crippen molar-refractivity contribution in [1.82, 2.24) is 0 Å². The van der Waals surface area contributed by atoms with E-state index < -0.39 is 34.4 Å². The first kappa shape index (κ1) is 24.5. The predicted molar refractivity (Wildman–Crippen MR) is 136 cm³/mol. The SMILES string of the molecule is N#CC(C#N)[C@@H](C1=C(O)[C@@H](c2ccccc2)C(=S)[C@@H](c2ccccc2)C1=O)c1ccc([N+](=O)[O-])cc1. The van der Waals surface area contributed by atoms with Crippen molar-refractivity contribution in [2.24, 2.45) is 5.92 Å². The molecule has 0 amide bonds. The molecule has 7 nitrogen and oxygen atoms in total.